The first-order valence-electron chi connectivity index (χ1n) is 7.56. The molecule has 1 aliphatic heterocycles. The van der Waals surface area contributed by atoms with Crippen molar-refractivity contribution in [2.75, 3.05) is 26.2 Å². The van der Waals surface area contributed by atoms with Crippen molar-refractivity contribution in [1.82, 2.24) is 10.2 Å². The van der Waals surface area contributed by atoms with Crippen molar-refractivity contribution >= 4 is 23.2 Å². The maximum Gasteiger partial charge on any atom is 0.0465 e. The highest BCUT2D eigenvalue weighted by Gasteiger charge is 2.18. The van der Waals surface area contributed by atoms with Crippen LogP contribution < -0.4 is 5.32 Å². The Balaban J connectivity index is 2.00. The van der Waals surface area contributed by atoms with E-state index in [0.29, 0.717) is 0 Å². The minimum absolute atomic E-state index is 0.781. The van der Waals surface area contributed by atoms with Crippen LogP contribution in [0.2, 0.25) is 10.0 Å². The SMILES string of the molecule is CCCN(Cc1c(Cl)cccc1Cl)CC1CCNCC1. The number of hydrogen-bond donors (Lipinski definition) is 1. The number of nitrogens with one attached hydrogen (secondary N) is 1. The van der Waals surface area contributed by atoms with Crippen LogP contribution in [-0.4, -0.2) is 31.1 Å². The van der Waals surface area contributed by atoms with Crippen LogP contribution in [0.4, 0.5) is 0 Å². The number of halogens is 2. The molecule has 4 heteroatoms. The lowest BCUT2D eigenvalue weighted by Crippen LogP contribution is -2.36. The first kappa shape index (κ1) is 16.1. The summed E-state index contributed by atoms with van der Waals surface area (Å²) in [4.78, 5) is 2.50. The van der Waals surface area contributed by atoms with E-state index < -0.39 is 0 Å². The second-order valence-electron chi connectivity index (χ2n) is 5.63. The molecular formula is C16H24Cl2N2. The van der Waals surface area contributed by atoms with E-state index in [-0.39, 0.29) is 0 Å². The maximum atomic E-state index is 6.30. The lowest BCUT2D eigenvalue weighted by atomic mass is 9.97. The lowest BCUT2D eigenvalue weighted by molar-refractivity contribution is 0.199. The summed E-state index contributed by atoms with van der Waals surface area (Å²) in [6.07, 6.45) is 3.71. The fraction of sp³-hybridized carbons (Fsp3) is 0.625. The van der Waals surface area contributed by atoms with Gasteiger partial charge in [0, 0.05) is 28.7 Å². The number of hydrogen-bond acceptors (Lipinski definition) is 2. The van der Waals surface area contributed by atoms with Crippen LogP contribution in [0.5, 0.6) is 0 Å². The Morgan fingerprint density at radius 1 is 1.20 bits per heavy atom. The second-order valence-corrected chi connectivity index (χ2v) is 6.44. The van der Waals surface area contributed by atoms with Gasteiger partial charge in [-0.3, -0.25) is 4.90 Å². The molecule has 1 aromatic rings. The third-order valence-corrected chi connectivity index (χ3v) is 4.67. The molecule has 0 unspecified atom stereocenters. The molecular weight excluding hydrogens is 291 g/mol. The summed E-state index contributed by atoms with van der Waals surface area (Å²) in [7, 11) is 0. The summed E-state index contributed by atoms with van der Waals surface area (Å²) in [6.45, 7) is 7.64. The van der Waals surface area contributed by atoms with Crippen molar-refractivity contribution in [3.05, 3.63) is 33.8 Å². The van der Waals surface area contributed by atoms with Crippen LogP contribution in [-0.2, 0) is 6.54 Å². The molecule has 2 nitrogen and oxygen atoms in total. The molecule has 1 aliphatic rings. The van der Waals surface area contributed by atoms with Gasteiger partial charge < -0.3 is 5.32 Å². The fourth-order valence-electron chi connectivity index (χ4n) is 2.89. The van der Waals surface area contributed by atoms with Gasteiger partial charge in [-0.2, -0.15) is 0 Å². The first-order valence-corrected chi connectivity index (χ1v) is 8.32. The minimum atomic E-state index is 0.781. The molecule has 0 spiro atoms. The molecule has 2 rings (SSSR count). The monoisotopic (exact) mass is 314 g/mol. The molecule has 0 radical (unpaired) electrons. The zero-order valence-corrected chi connectivity index (χ0v) is 13.7. The molecule has 1 aromatic carbocycles. The van der Waals surface area contributed by atoms with Crippen molar-refractivity contribution in [2.45, 2.75) is 32.7 Å². The predicted octanol–water partition coefficient (Wildman–Crippen LogP) is 4.21. The van der Waals surface area contributed by atoms with Crippen LogP contribution >= 0.6 is 23.2 Å². The van der Waals surface area contributed by atoms with Gasteiger partial charge in [0.15, 0.2) is 0 Å². The third-order valence-electron chi connectivity index (χ3n) is 3.96. The highest BCUT2D eigenvalue weighted by atomic mass is 35.5. The van der Waals surface area contributed by atoms with Gasteiger partial charge in [0.25, 0.3) is 0 Å². The van der Waals surface area contributed by atoms with Crippen molar-refractivity contribution < 1.29 is 0 Å². The van der Waals surface area contributed by atoms with E-state index >= 15 is 0 Å². The summed E-state index contributed by atoms with van der Waals surface area (Å²) >= 11 is 12.6. The molecule has 1 fully saturated rings. The average Bonchev–Trinajstić information content (AvgIpc) is 2.44. The summed E-state index contributed by atoms with van der Waals surface area (Å²) in [5.41, 5.74) is 1.07. The van der Waals surface area contributed by atoms with Gasteiger partial charge in [0.1, 0.15) is 0 Å². The molecule has 1 saturated heterocycles. The molecule has 0 aliphatic carbocycles. The molecule has 1 heterocycles. The third kappa shape index (κ3) is 4.63. The Morgan fingerprint density at radius 3 is 2.45 bits per heavy atom. The molecule has 0 amide bonds. The Hall–Kier alpha value is -0.280. The zero-order valence-electron chi connectivity index (χ0n) is 12.2. The van der Waals surface area contributed by atoms with Crippen molar-refractivity contribution in [3.63, 3.8) is 0 Å². The van der Waals surface area contributed by atoms with Crippen LogP contribution in [0, 0.1) is 5.92 Å². The molecule has 1 N–H and O–H groups in total. The average molecular weight is 315 g/mol. The molecule has 20 heavy (non-hydrogen) atoms. The molecule has 0 aromatic heterocycles. The number of piperidine rings is 1. The van der Waals surface area contributed by atoms with Gasteiger partial charge >= 0.3 is 0 Å². The summed E-state index contributed by atoms with van der Waals surface area (Å²) in [6, 6.07) is 5.76. The second kappa shape index (κ2) is 8.23. The molecule has 0 atom stereocenters. The van der Waals surface area contributed by atoms with Crippen LogP contribution in [0.25, 0.3) is 0 Å². The van der Waals surface area contributed by atoms with Gasteiger partial charge in [-0.05, 0) is 56.9 Å². The van der Waals surface area contributed by atoms with E-state index in [0.717, 1.165) is 60.7 Å². The van der Waals surface area contributed by atoms with Gasteiger partial charge in [0.2, 0.25) is 0 Å². The zero-order chi connectivity index (χ0) is 14.4. The van der Waals surface area contributed by atoms with Crippen LogP contribution in [0.3, 0.4) is 0 Å². The van der Waals surface area contributed by atoms with E-state index in [2.05, 4.69) is 17.1 Å². The topological polar surface area (TPSA) is 15.3 Å². The Bertz CT molecular complexity index is 397. The van der Waals surface area contributed by atoms with Gasteiger partial charge in [-0.15, -0.1) is 0 Å². The van der Waals surface area contributed by atoms with Crippen molar-refractivity contribution in [3.8, 4) is 0 Å². The Morgan fingerprint density at radius 2 is 1.85 bits per heavy atom. The number of rotatable bonds is 6. The Kier molecular flexibility index (Phi) is 6.63. The highest BCUT2D eigenvalue weighted by Crippen LogP contribution is 2.26. The molecule has 112 valence electrons. The largest absolute Gasteiger partial charge is 0.317 e. The highest BCUT2D eigenvalue weighted by molar-refractivity contribution is 6.35. The number of nitrogens with zero attached hydrogens (tertiary/aromatic N) is 1. The van der Waals surface area contributed by atoms with Gasteiger partial charge in [-0.25, -0.2) is 0 Å². The normalized spacial score (nSPS) is 16.8. The predicted molar refractivity (Wildman–Crippen MR) is 87.6 cm³/mol. The van der Waals surface area contributed by atoms with E-state index in [1.165, 1.54) is 12.8 Å². The number of benzene rings is 1. The standard InChI is InChI=1S/C16H24Cl2N2/c1-2-10-20(11-13-6-8-19-9-7-13)12-14-15(17)4-3-5-16(14)18/h3-5,13,19H,2,6-12H2,1H3. The Labute approximate surface area is 132 Å². The van der Waals surface area contributed by atoms with Crippen molar-refractivity contribution in [2.24, 2.45) is 5.92 Å². The van der Waals surface area contributed by atoms with E-state index in [4.69, 9.17) is 23.2 Å². The van der Waals surface area contributed by atoms with Crippen LogP contribution in [0.1, 0.15) is 31.7 Å². The molecule has 0 bridgehead atoms. The summed E-state index contributed by atoms with van der Waals surface area (Å²) in [5, 5.41) is 4.99. The first-order chi connectivity index (χ1) is 9.70. The van der Waals surface area contributed by atoms with Crippen molar-refractivity contribution in [1.29, 1.82) is 0 Å². The fourth-order valence-corrected chi connectivity index (χ4v) is 3.40. The van der Waals surface area contributed by atoms with Gasteiger partial charge in [0.05, 0.1) is 0 Å². The maximum absolute atomic E-state index is 6.30. The molecule has 0 saturated carbocycles. The summed E-state index contributed by atoms with van der Waals surface area (Å²) < 4.78 is 0. The quantitative estimate of drug-likeness (QED) is 0.846. The van der Waals surface area contributed by atoms with Crippen LogP contribution in [0.15, 0.2) is 18.2 Å². The van der Waals surface area contributed by atoms with Gasteiger partial charge in [-0.1, -0.05) is 36.2 Å². The smallest absolute Gasteiger partial charge is 0.0465 e. The van der Waals surface area contributed by atoms with E-state index in [1.807, 2.05) is 18.2 Å². The summed E-state index contributed by atoms with van der Waals surface area (Å²) in [5.74, 6) is 0.795. The van der Waals surface area contributed by atoms with E-state index in [9.17, 15) is 0 Å². The lowest BCUT2D eigenvalue weighted by Gasteiger charge is -2.30. The van der Waals surface area contributed by atoms with E-state index in [1.54, 1.807) is 0 Å². The minimum Gasteiger partial charge on any atom is -0.317 e.